The minimum absolute atomic E-state index is 0.948. The van der Waals surface area contributed by atoms with Crippen LogP contribution in [0.4, 0.5) is 0 Å². The first-order valence-electron chi connectivity index (χ1n) is 5.15. The number of allylic oxidation sites excluding steroid dienone is 3. The highest BCUT2D eigenvalue weighted by Crippen LogP contribution is 2.16. The van der Waals surface area contributed by atoms with Crippen LogP contribution in [-0.4, -0.2) is 4.98 Å². The third kappa shape index (κ3) is 2.32. The summed E-state index contributed by atoms with van der Waals surface area (Å²) in [7, 11) is 0. The van der Waals surface area contributed by atoms with Crippen molar-refractivity contribution in [2.24, 2.45) is 0 Å². The molecule has 0 unspecified atom stereocenters. The SMILES string of the molecule is CC.Cc1ccnc2c1C=CC=CC2. The third-order valence-electron chi connectivity index (χ3n) is 2.11. The maximum absolute atomic E-state index is 4.34. The predicted octanol–water partition coefficient (Wildman–Crippen LogP) is 3.54. The molecule has 1 aromatic heterocycles. The molecule has 0 radical (unpaired) electrons. The van der Waals surface area contributed by atoms with Crippen molar-refractivity contribution in [1.29, 1.82) is 0 Å². The van der Waals surface area contributed by atoms with Crippen LogP contribution in [0.2, 0.25) is 0 Å². The summed E-state index contributed by atoms with van der Waals surface area (Å²) in [6.07, 6.45) is 11.2. The lowest BCUT2D eigenvalue weighted by Gasteiger charge is -2.03. The highest BCUT2D eigenvalue weighted by molar-refractivity contribution is 5.58. The van der Waals surface area contributed by atoms with Crippen molar-refractivity contribution in [1.82, 2.24) is 4.98 Å². The van der Waals surface area contributed by atoms with Crippen LogP contribution in [0.1, 0.15) is 30.7 Å². The Kier molecular flexibility index (Phi) is 4.11. The van der Waals surface area contributed by atoms with E-state index in [2.05, 4.69) is 42.3 Å². The quantitative estimate of drug-likeness (QED) is 0.605. The molecule has 1 aromatic rings. The van der Waals surface area contributed by atoms with Crippen LogP contribution in [0.25, 0.3) is 6.08 Å². The van der Waals surface area contributed by atoms with E-state index in [9.17, 15) is 0 Å². The van der Waals surface area contributed by atoms with Gasteiger partial charge in [0.15, 0.2) is 0 Å². The summed E-state index contributed by atoms with van der Waals surface area (Å²) < 4.78 is 0. The van der Waals surface area contributed by atoms with Gasteiger partial charge in [-0.2, -0.15) is 0 Å². The molecule has 0 aromatic carbocycles. The average molecular weight is 187 g/mol. The molecule has 0 amide bonds. The van der Waals surface area contributed by atoms with Gasteiger partial charge in [-0.3, -0.25) is 4.98 Å². The van der Waals surface area contributed by atoms with E-state index < -0.39 is 0 Å². The van der Waals surface area contributed by atoms with E-state index in [1.165, 1.54) is 16.8 Å². The van der Waals surface area contributed by atoms with Gasteiger partial charge in [0.25, 0.3) is 0 Å². The van der Waals surface area contributed by atoms with Gasteiger partial charge in [0.1, 0.15) is 0 Å². The normalized spacial score (nSPS) is 12.5. The summed E-state index contributed by atoms with van der Waals surface area (Å²) >= 11 is 0. The van der Waals surface area contributed by atoms with Gasteiger partial charge < -0.3 is 0 Å². The summed E-state index contributed by atoms with van der Waals surface area (Å²) in [5.41, 5.74) is 3.77. The van der Waals surface area contributed by atoms with E-state index in [1.807, 2.05) is 20.0 Å². The summed E-state index contributed by atoms with van der Waals surface area (Å²) in [5, 5.41) is 0. The van der Waals surface area contributed by atoms with Gasteiger partial charge in [-0.15, -0.1) is 0 Å². The topological polar surface area (TPSA) is 12.9 Å². The number of pyridine rings is 1. The fourth-order valence-corrected chi connectivity index (χ4v) is 1.43. The summed E-state index contributed by atoms with van der Waals surface area (Å²) in [6, 6.07) is 2.05. The van der Waals surface area contributed by atoms with Gasteiger partial charge in [-0.25, -0.2) is 0 Å². The number of aromatic nitrogens is 1. The molecule has 0 fully saturated rings. The van der Waals surface area contributed by atoms with E-state index in [-0.39, 0.29) is 0 Å². The fourth-order valence-electron chi connectivity index (χ4n) is 1.43. The van der Waals surface area contributed by atoms with Crippen molar-refractivity contribution in [3.05, 3.63) is 47.3 Å². The first kappa shape index (κ1) is 10.7. The van der Waals surface area contributed by atoms with Crippen molar-refractivity contribution in [3.63, 3.8) is 0 Å². The Morgan fingerprint density at radius 1 is 1.21 bits per heavy atom. The zero-order valence-corrected chi connectivity index (χ0v) is 9.12. The van der Waals surface area contributed by atoms with E-state index >= 15 is 0 Å². The Bertz CT molecular complexity index is 348. The van der Waals surface area contributed by atoms with Gasteiger partial charge in [0.05, 0.1) is 5.69 Å². The number of hydrogen-bond acceptors (Lipinski definition) is 1. The molecule has 0 bridgehead atoms. The Morgan fingerprint density at radius 2 is 2.00 bits per heavy atom. The van der Waals surface area contributed by atoms with Gasteiger partial charge in [0, 0.05) is 12.6 Å². The zero-order chi connectivity index (χ0) is 10.4. The first-order chi connectivity index (χ1) is 6.88. The predicted molar refractivity (Wildman–Crippen MR) is 62.2 cm³/mol. The minimum Gasteiger partial charge on any atom is -0.260 e. The number of hydrogen-bond donors (Lipinski definition) is 0. The van der Waals surface area contributed by atoms with Gasteiger partial charge in [0.2, 0.25) is 0 Å². The molecular formula is C13H17N. The molecule has 0 aliphatic heterocycles. The molecule has 0 N–H and O–H groups in total. The molecule has 0 saturated carbocycles. The minimum atomic E-state index is 0.948. The average Bonchev–Trinajstić information content (AvgIpc) is 2.47. The maximum Gasteiger partial charge on any atom is 0.0516 e. The summed E-state index contributed by atoms with van der Waals surface area (Å²) in [6.45, 7) is 6.12. The second kappa shape index (κ2) is 5.38. The molecule has 1 aliphatic rings. The Morgan fingerprint density at radius 3 is 2.79 bits per heavy atom. The number of nitrogens with zero attached hydrogens (tertiary/aromatic N) is 1. The molecule has 0 spiro atoms. The maximum atomic E-state index is 4.34. The lowest BCUT2D eigenvalue weighted by molar-refractivity contribution is 1.09. The Labute approximate surface area is 86.2 Å². The largest absolute Gasteiger partial charge is 0.260 e. The molecular weight excluding hydrogens is 170 g/mol. The zero-order valence-electron chi connectivity index (χ0n) is 9.12. The van der Waals surface area contributed by atoms with Crippen LogP contribution >= 0.6 is 0 Å². The van der Waals surface area contributed by atoms with Crippen LogP contribution in [-0.2, 0) is 6.42 Å². The van der Waals surface area contributed by atoms with Gasteiger partial charge in [-0.05, 0) is 24.1 Å². The molecule has 1 aliphatic carbocycles. The van der Waals surface area contributed by atoms with E-state index in [1.54, 1.807) is 0 Å². The second-order valence-electron chi connectivity index (χ2n) is 2.98. The highest BCUT2D eigenvalue weighted by Gasteiger charge is 2.03. The number of aryl methyl sites for hydroxylation is 1. The molecule has 1 nitrogen and oxygen atoms in total. The van der Waals surface area contributed by atoms with E-state index in [0.29, 0.717) is 0 Å². The molecule has 0 saturated heterocycles. The molecule has 1 heterocycles. The summed E-state index contributed by atoms with van der Waals surface area (Å²) in [5.74, 6) is 0. The number of rotatable bonds is 0. The van der Waals surface area contributed by atoms with Crippen molar-refractivity contribution in [2.45, 2.75) is 27.2 Å². The molecule has 0 atom stereocenters. The smallest absolute Gasteiger partial charge is 0.0516 e. The van der Waals surface area contributed by atoms with Crippen molar-refractivity contribution in [2.75, 3.05) is 0 Å². The van der Waals surface area contributed by atoms with Crippen LogP contribution in [0.5, 0.6) is 0 Å². The van der Waals surface area contributed by atoms with Crippen LogP contribution in [0.3, 0.4) is 0 Å². The standard InChI is InChI=1S/C11H11N.C2H6/c1-9-7-8-12-11-6-4-2-3-5-10(9)11;1-2/h2-5,7-8H,6H2,1H3;1-2H3. The molecule has 1 heteroatoms. The van der Waals surface area contributed by atoms with Crippen molar-refractivity contribution in [3.8, 4) is 0 Å². The fraction of sp³-hybridized carbons (Fsp3) is 0.308. The van der Waals surface area contributed by atoms with Gasteiger partial charge >= 0.3 is 0 Å². The van der Waals surface area contributed by atoms with Crippen molar-refractivity contribution >= 4 is 6.08 Å². The Hall–Kier alpha value is -1.37. The molecule has 14 heavy (non-hydrogen) atoms. The van der Waals surface area contributed by atoms with Gasteiger partial charge in [-0.1, -0.05) is 38.2 Å². The summed E-state index contributed by atoms with van der Waals surface area (Å²) in [4.78, 5) is 4.34. The highest BCUT2D eigenvalue weighted by atomic mass is 14.7. The number of fused-ring (bicyclic) bond motifs is 1. The van der Waals surface area contributed by atoms with Crippen LogP contribution in [0, 0.1) is 6.92 Å². The lowest BCUT2D eigenvalue weighted by atomic mass is 10.1. The first-order valence-corrected chi connectivity index (χ1v) is 5.15. The lowest BCUT2D eigenvalue weighted by Crippen LogP contribution is -1.93. The molecule has 74 valence electrons. The third-order valence-corrected chi connectivity index (χ3v) is 2.11. The van der Waals surface area contributed by atoms with Crippen molar-refractivity contribution < 1.29 is 0 Å². The van der Waals surface area contributed by atoms with Crippen LogP contribution < -0.4 is 0 Å². The monoisotopic (exact) mass is 187 g/mol. The second-order valence-corrected chi connectivity index (χ2v) is 2.98. The van der Waals surface area contributed by atoms with Crippen LogP contribution in [0.15, 0.2) is 30.5 Å². The van der Waals surface area contributed by atoms with E-state index in [4.69, 9.17) is 0 Å². The Balaban J connectivity index is 0.000000461. The van der Waals surface area contributed by atoms with E-state index in [0.717, 1.165) is 6.42 Å². The molecule has 2 rings (SSSR count).